The number of benzene rings is 2. The Hall–Kier alpha value is -3.15. The molecule has 0 aliphatic carbocycles. The van der Waals surface area contributed by atoms with Crippen molar-refractivity contribution in [2.75, 3.05) is 10.6 Å². The highest BCUT2D eigenvalue weighted by atomic mass is 16.2. The van der Waals surface area contributed by atoms with Gasteiger partial charge >= 0.3 is 6.03 Å². The van der Waals surface area contributed by atoms with Crippen LogP contribution in [0.2, 0.25) is 0 Å². The molecule has 27 heavy (non-hydrogen) atoms. The third kappa shape index (κ3) is 3.43. The number of carbonyl (C=O) groups excluding carboxylic acids is 3. The summed E-state index contributed by atoms with van der Waals surface area (Å²) >= 11 is 0. The third-order valence-corrected chi connectivity index (χ3v) is 4.61. The number of amides is 4. The smallest absolute Gasteiger partial charge is 0.308 e. The lowest BCUT2D eigenvalue weighted by Gasteiger charge is -2.17. The number of urea groups is 1. The Labute approximate surface area is 158 Å². The second-order valence-corrected chi connectivity index (χ2v) is 7.19. The van der Waals surface area contributed by atoms with E-state index in [-0.39, 0.29) is 17.9 Å². The van der Waals surface area contributed by atoms with Crippen molar-refractivity contribution in [3.63, 3.8) is 0 Å². The van der Waals surface area contributed by atoms with Crippen LogP contribution in [-0.2, 0) is 0 Å². The van der Waals surface area contributed by atoms with Gasteiger partial charge in [-0.25, -0.2) is 4.79 Å². The molecule has 2 N–H and O–H groups in total. The Balaban J connectivity index is 1.80. The van der Waals surface area contributed by atoms with Gasteiger partial charge in [-0.15, -0.1) is 0 Å². The molecule has 0 radical (unpaired) electrons. The Kier molecular flexibility index (Phi) is 4.74. The second kappa shape index (κ2) is 6.87. The van der Waals surface area contributed by atoms with Gasteiger partial charge in [-0.2, -0.15) is 0 Å². The topological polar surface area (TPSA) is 78.5 Å². The lowest BCUT2D eigenvalue weighted by molar-refractivity contribution is 0.0609. The minimum Gasteiger partial charge on any atom is -0.308 e. The zero-order valence-corrected chi connectivity index (χ0v) is 16.1. The summed E-state index contributed by atoms with van der Waals surface area (Å²) < 4.78 is 0. The number of anilines is 2. The molecule has 0 unspecified atom stereocenters. The zero-order valence-electron chi connectivity index (χ0n) is 16.1. The van der Waals surface area contributed by atoms with Crippen molar-refractivity contribution in [1.82, 2.24) is 4.90 Å². The van der Waals surface area contributed by atoms with E-state index in [2.05, 4.69) is 10.6 Å². The summed E-state index contributed by atoms with van der Waals surface area (Å²) in [6.07, 6.45) is 0. The molecule has 0 atom stereocenters. The number of hydrogen-bond donors (Lipinski definition) is 2. The fourth-order valence-electron chi connectivity index (χ4n) is 3.46. The Morgan fingerprint density at radius 1 is 0.889 bits per heavy atom. The molecule has 0 fully saturated rings. The van der Waals surface area contributed by atoms with Crippen LogP contribution in [0.1, 0.15) is 51.3 Å². The van der Waals surface area contributed by atoms with E-state index >= 15 is 0 Å². The molecule has 0 bridgehead atoms. The molecular formula is C21H23N3O3. The van der Waals surface area contributed by atoms with Crippen molar-refractivity contribution >= 4 is 29.2 Å². The molecule has 0 saturated heterocycles. The van der Waals surface area contributed by atoms with Crippen molar-refractivity contribution in [2.45, 2.75) is 40.7 Å². The van der Waals surface area contributed by atoms with E-state index in [0.29, 0.717) is 16.8 Å². The number of carbonyl (C=O) groups is 3. The van der Waals surface area contributed by atoms with E-state index in [0.717, 1.165) is 22.4 Å². The summed E-state index contributed by atoms with van der Waals surface area (Å²) in [6, 6.07) is 8.14. The number of rotatable bonds is 3. The number of fused-ring (bicyclic) bond motifs is 1. The van der Waals surface area contributed by atoms with E-state index in [4.69, 9.17) is 0 Å². The van der Waals surface area contributed by atoms with Gasteiger partial charge in [0, 0.05) is 17.4 Å². The molecule has 140 valence electrons. The minimum absolute atomic E-state index is 0.218. The van der Waals surface area contributed by atoms with Crippen LogP contribution in [0.3, 0.4) is 0 Å². The molecule has 4 amide bonds. The van der Waals surface area contributed by atoms with Crippen LogP contribution in [0, 0.1) is 20.8 Å². The Morgan fingerprint density at radius 3 is 2.07 bits per heavy atom. The quantitative estimate of drug-likeness (QED) is 0.798. The standard InChI is InChI=1S/C21H23N3O3/c1-11(2)24-19(25)16-7-6-15(10-17(16)20(24)26)22-21(27)23-18-13(4)8-12(3)9-14(18)5/h6-11H,1-5H3,(H2,22,23,27). The molecule has 1 heterocycles. The van der Waals surface area contributed by atoms with E-state index in [1.165, 1.54) is 4.90 Å². The van der Waals surface area contributed by atoms with Crippen LogP contribution in [0.15, 0.2) is 30.3 Å². The summed E-state index contributed by atoms with van der Waals surface area (Å²) in [7, 11) is 0. The van der Waals surface area contributed by atoms with Gasteiger partial charge in [-0.1, -0.05) is 17.7 Å². The highest BCUT2D eigenvalue weighted by molar-refractivity contribution is 6.22. The largest absolute Gasteiger partial charge is 0.323 e. The molecule has 0 aromatic heterocycles. The van der Waals surface area contributed by atoms with Gasteiger partial charge in [0.1, 0.15) is 0 Å². The van der Waals surface area contributed by atoms with E-state index in [1.807, 2.05) is 32.9 Å². The van der Waals surface area contributed by atoms with Gasteiger partial charge in [-0.3, -0.25) is 14.5 Å². The van der Waals surface area contributed by atoms with Crippen LogP contribution < -0.4 is 10.6 Å². The monoisotopic (exact) mass is 365 g/mol. The fraction of sp³-hybridized carbons (Fsp3) is 0.286. The normalized spacial score (nSPS) is 13.2. The van der Waals surface area contributed by atoms with Crippen molar-refractivity contribution < 1.29 is 14.4 Å². The predicted molar refractivity (Wildman–Crippen MR) is 105 cm³/mol. The van der Waals surface area contributed by atoms with E-state index in [9.17, 15) is 14.4 Å². The van der Waals surface area contributed by atoms with Crippen LogP contribution in [0.25, 0.3) is 0 Å². The SMILES string of the molecule is Cc1cc(C)c(NC(=O)Nc2ccc3c(c2)C(=O)N(C(C)C)C3=O)c(C)c1. The zero-order chi connectivity index (χ0) is 19.9. The summed E-state index contributed by atoms with van der Waals surface area (Å²) in [4.78, 5) is 38.4. The maximum absolute atomic E-state index is 12.5. The van der Waals surface area contributed by atoms with Gasteiger partial charge in [0.05, 0.1) is 11.1 Å². The van der Waals surface area contributed by atoms with Crippen molar-refractivity contribution in [3.8, 4) is 0 Å². The molecule has 2 aromatic rings. The highest BCUT2D eigenvalue weighted by Gasteiger charge is 2.37. The molecule has 1 aliphatic heterocycles. The van der Waals surface area contributed by atoms with Crippen LogP contribution >= 0.6 is 0 Å². The summed E-state index contributed by atoms with van der Waals surface area (Å²) in [5, 5.41) is 5.59. The van der Waals surface area contributed by atoms with Gasteiger partial charge < -0.3 is 10.6 Å². The lowest BCUT2D eigenvalue weighted by atomic mass is 10.1. The molecule has 0 spiro atoms. The van der Waals surface area contributed by atoms with Crippen LogP contribution in [0.4, 0.5) is 16.2 Å². The predicted octanol–water partition coefficient (Wildman–Crippen LogP) is 4.26. The summed E-state index contributed by atoms with van der Waals surface area (Å²) in [6.45, 7) is 9.47. The molecule has 1 aliphatic rings. The highest BCUT2D eigenvalue weighted by Crippen LogP contribution is 2.28. The molecule has 6 nitrogen and oxygen atoms in total. The average molecular weight is 365 g/mol. The first kappa shape index (κ1) is 18.6. The third-order valence-electron chi connectivity index (χ3n) is 4.61. The van der Waals surface area contributed by atoms with Gasteiger partial charge in [-0.05, 0) is 63.9 Å². The van der Waals surface area contributed by atoms with Crippen molar-refractivity contribution in [3.05, 3.63) is 58.1 Å². The molecular weight excluding hydrogens is 342 g/mol. The maximum atomic E-state index is 12.5. The molecule has 3 rings (SSSR count). The number of nitrogens with zero attached hydrogens (tertiary/aromatic N) is 1. The Bertz CT molecular complexity index is 940. The Morgan fingerprint density at radius 2 is 1.48 bits per heavy atom. The van der Waals surface area contributed by atoms with Gasteiger partial charge in [0.25, 0.3) is 11.8 Å². The molecule has 6 heteroatoms. The number of nitrogens with one attached hydrogen (secondary N) is 2. The first-order valence-electron chi connectivity index (χ1n) is 8.87. The van der Waals surface area contributed by atoms with E-state index in [1.54, 1.807) is 32.0 Å². The number of aryl methyl sites for hydroxylation is 3. The first-order valence-corrected chi connectivity index (χ1v) is 8.87. The number of imide groups is 1. The first-order chi connectivity index (χ1) is 12.7. The van der Waals surface area contributed by atoms with Crippen molar-refractivity contribution in [2.24, 2.45) is 0 Å². The second-order valence-electron chi connectivity index (χ2n) is 7.19. The summed E-state index contributed by atoms with van der Waals surface area (Å²) in [5.41, 5.74) is 4.98. The molecule has 0 saturated carbocycles. The average Bonchev–Trinajstić information content (AvgIpc) is 2.81. The fourth-order valence-corrected chi connectivity index (χ4v) is 3.46. The van der Waals surface area contributed by atoms with Crippen LogP contribution in [0.5, 0.6) is 0 Å². The lowest BCUT2D eigenvalue weighted by Crippen LogP contribution is -2.35. The van der Waals surface area contributed by atoms with Gasteiger partial charge in [0.15, 0.2) is 0 Å². The maximum Gasteiger partial charge on any atom is 0.323 e. The van der Waals surface area contributed by atoms with Gasteiger partial charge in [0.2, 0.25) is 0 Å². The molecule has 2 aromatic carbocycles. The minimum atomic E-state index is -0.400. The van der Waals surface area contributed by atoms with E-state index < -0.39 is 6.03 Å². The van der Waals surface area contributed by atoms with Crippen LogP contribution in [-0.4, -0.2) is 28.8 Å². The number of hydrogen-bond acceptors (Lipinski definition) is 3. The van der Waals surface area contributed by atoms with Crippen molar-refractivity contribution in [1.29, 1.82) is 0 Å². The summed E-state index contributed by atoms with van der Waals surface area (Å²) in [5.74, 6) is -0.633.